The van der Waals surface area contributed by atoms with Gasteiger partial charge in [0.1, 0.15) is 0 Å². The lowest BCUT2D eigenvalue weighted by molar-refractivity contribution is -0.185. The number of esters is 1. The molecule has 172 valence electrons. The van der Waals surface area contributed by atoms with Crippen LogP contribution < -0.4 is 0 Å². The lowest BCUT2D eigenvalue weighted by atomic mass is 9.43. The minimum absolute atomic E-state index is 0.00841. The normalized spacial score (nSPS) is 51.4. The zero-order chi connectivity index (χ0) is 21.8. The van der Waals surface area contributed by atoms with E-state index in [1.807, 2.05) is 0 Å². The Morgan fingerprint density at radius 2 is 1.73 bits per heavy atom. The van der Waals surface area contributed by atoms with E-state index in [0.29, 0.717) is 30.1 Å². The number of aliphatic hydroxyl groups excluding tert-OH is 3. The Morgan fingerprint density at radius 3 is 2.43 bits per heavy atom. The maximum atomic E-state index is 11.7. The number of rotatable bonds is 4. The van der Waals surface area contributed by atoms with E-state index in [1.165, 1.54) is 7.11 Å². The van der Waals surface area contributed by atoms with E-state index in [0.717, 1.165) is 51.4 Å². The molecule has 4 aliphatic carbocycles. The predicted octanol–water partition coefficient (Wildman–Crippen LogP) is 3.54. The minimum Gasteiger partial charge on any atom is -0.469 e. The molecule has 0 aromatic carbocycles. The van der Waals surface area contributed by atoms with Crippen molar-refractivity contribution in [3.63, 3.8) is 0 Å². The molecule has 0 radical (unpaired) electrons. The summed E-state index contributed by atoms with van der Waals surface area (Å²) in [5.74, 6) is 1.64. The third-order valence-electron chi connectivity index (χ3n) is 10.4. The van der Waals surface area contributed by atoms with Crippen LogP contribution in [0.5, 0.6) is 0 Å². The molecule has 4 saturated carbocycles. The van der Waals surface area contributed by atoms with Crippen LogP contribution in [0, 0.1) is 46.3 Å². The molecule has 0 aromatic heterocycles. The van der Waals surface area contributed by atoms with Crippen LogP contribution >= 0.6 is 0 Å². The Kier molecular flexibility index (Phi) is 6.04. The third kappa shape index (κ3) is 3.44. The van der Waals surface area contributed by atoms with Gasteiger partial charge in [-0.2, -0.15) is 0 Å². The highest BCUT2D eigenvalue weighted by Gasteiger charge is 2.65. The Balaban J connectivity index is 1.57. The van der Waals surface area contributed by atoms with E-state index in [4.69, 9.17) is 4.74 Å². The van der Waals surface area contributed by atoms with Gasteiger partial charge < -0.3 is 20.1 Å². The topological polar surface area (TPSA) is 87.0 Å². The highest BCUT2D eigenvalue weighted by atomic mass is 16.5. The first kappa shape index (κ1) is 22.5. The second-order valence-corrected chi connectivity index (χ2v) is 11.7. The van der Waals surface area contributed by atoms with Crippen molar-refractivity contribution < 1.29 is 24.9 Å². The van der Waals surface area contributed by atoms with Gasteiger partial charge >= 0.3 is 5.97 Å². The molecule has 0 spiro atoms. The predicted molar refractivity (Wildman–Crippen MR) is 114 cm³/mol. The van der Waals surface area contributed by atoms with E-state index in [2.05, 4.69) is 20.8 Å². The summed E-state index contributed by atoms with van der Waals surface area (Å²) in [5.41, 5.74) is 0.174. The Morgan fingerprint density at radius 1 is 1.03 bits per heavy atom. The molecular weight excluding hydrogens is 380 g/mol. The van der Waals surface area contributed by atoms with Crippen LogP contribution in [0.25, 0.3) is 0 Å². The summed E-state index contributed by atoms with van der Waals surface area (Å²) in [6, 6.07) is 0. The van der Waals surface area contributed by atoms with E-state index >= 15 is 0 Å². The fourth-order valence-corrected chi connectivity index (χ4v) is 8.83. The standard InChI is InChI=1S/C25H42O5/c1-14(5-6-21(29)30-4)18-13-20(28)23-22-17(8-10-25(18,23)3)24(2)9-7-16(26)11-15(24)12-19(22)27/h14-20,22-23,26-28H,5-13H2,1-4H3/t14-,15?,16-,17?,18-,19-,20+,22?,23+,24?,25-/m1/s1. The summed E-state index contributed by atoms with van der Waals surface area (Å²) in [6.45, 7) is 6.96. The number of methoxy groups -OCH3 is 1. The molecule has 5 heteroatoms. The molecule has 4 unspecified atom stereocenters. The Bertz CT molecular complexity index is 651. The summed E-state index contributed by atoms with van der Waals surface area (Å²) in [5, 5.41) is 32.8. The van der Waals surface area contributed by atoms with Crippen molar-refractivity contribution in [1.29, 1.82) is 0 Å². The van der Waals surface area contributed by atoms with Crippen LogP contribution in [0.15, 0.2) is 0 Å². The van der Waals surface area contributed by atoms with Gasteiger partial charge in [0, 0.05) is 6.42 Å². The van der Waals surface area contributed by atoms with Crippen molar-refractivity contribution >= 4 is 5.97 Å². The van der Waals surface area contributed by atoms with Crippen molar-refractivity contribution in [1.82, 2.24) is 0 Å². The zero-order valence-electron chi connectivity index (χ0n) is 19.2. The quantitative estimate of drug-likeness (QED) is 0.603. The molecule has 5 nitrogen and oxygen atoms in total. The summed E-state index contributed by atoms with van der Waals surface area (Å²) in [4.78, 5) is 11.7. The molecule has 0 bridgehead atoms. The highest BCUT2D eigenvalue weighted by Crippen LogP contribution is 2.68. The average Bonchev–Trinajstić information content (AvgIpc) is 2.98. The lowest BCUT2D eigenvalue weighted by Gasteiger charge is -2.62. The molecule has 0 amide bonds. The van der Waals surface area contributed by atoms with Crippen molar-refractivity contribution in [2.45, 2.75) is 96.9 Å². The molecule has 4 aliphatic rings. The van der Waals surface area contributed by atoms with Gasteiger partial charge in [0.2, 0.25) is 0 Å². The van der Waals surface area contributed by atoms with Gasteiger partial charge in [0.25, 0.3) is 0 Å². The van der Waals surface area contributed by atoms with E-state index in [-0.39, 0.29) is 46.9 Å². The van der Waals surface area contributed by atoms with Crippen LogP contribution in [0.1, 0.15) is 78.6 Å². The molecular formula is C25H42O5. The van der Waals surface area contributed by atoms with Crippen LogP contribution in [0.3, 0.4) is 0 Å². The van der Waals surface area contributed by atoms with Gasteiger partial charge in [-0.3, -0.25) is 4.79 Å². The minimum atomic E-state index is -0.387. The van der Waals surface area contributed by atoms with Gasteiger partial charge in [-0.25, -0.2) is 0 Å². The van der Waals surface area contributed by atoms with Crippen LogP contribution in [0.2, 0.25) is 0 Å². The maximum absolute atomic E-state index is 11.7. The van der Waals surface area contributed by atoms with Crippen molar-refractivity contribution in [3.05, 3.63) is 0 Å². The number of carbonyl (C=O) groups is 1. The molecule has 3 N–H and O–H groups in total. The average molecular weight is 423 g/mol. The lowest BCUT2D eigenvalue weighted by Crippen LogP contribution is -2.60. The summed E-state index contributed by atoms with van der Waals surface area (Å²) >= 11 is 0. The van der Waals surface area contributed by atoms with Gasteiger partial charge in [-0.1, -0.05) is 20.8 Å². The molecule has 30 heavy (non-hydrogen) atoms. The van der Waals surface area contributed by atoms with Crippen molar-refractivity contribution in [3.8, 4) is 0 Å². The fourth-order valence-electron chi connectivity index (χ4n) is 8.83. The fraction of sp³-hybridized carbons (Fsp3) is 0.960. The number of fused-ring (bicyclic) bond motifs is 5. The number of hydrogen-bond acceptors (Lipinski definition) is 5. The summed E-state index contributed by atoms with van der Waals surface area (Å²) in [6.07, 6.45) is 6.67. The van der Waals surface area contributed by atoms with E-state index in [9.17, 15) is 20.1 Å². The second kappa shape index (κ2) is 8.04. The highest BCUT2D eigenvalue weighted by molar-refractivity contribution is 5.69. The van der Waals surface area contributed by atoms with Crippen LogP contribution in [-0.2, 0) is 9.53 Å². The molecule has 0 aliphatic heterocycles. The molecule has 4 rings (SSSR count). The second-order valence-electron chi connectivity index (χ2n) is 11.7. The van der Waals surface area contributed by atoms with Crippen molar-refractivity contribution in [2.75, 3.05) is 7.11 Å². The molecule has 4 fully saturated rings. The molecule has 0 aromatic rings. The Labute approximate surface area is 181 Å². The summed E-state index contributed by atoms with van der Waals surface area (Å²) < 4.78 is 4.83. The van der Waals surface area contributed by atoms with Gasteiger partial charge in [-0.15, -0.1) is 0 Å². The van der Waals surface area contributed by atoms with E-state index < -0.39 is 0 Å². The Hall–Kier alpha value is -0.650. The van der Waals surface area contributed by atoms with Crippen LogP contribution in [0.4, 0.5) is 0 Å². The molecule has 0 saturated heterocycles. The van der Waals surface area contributed by atoms with Gasteiger partial charge in [-0.05, 0) is 97.7 Å². The number of aliphatic hydroxyl groups is 3. The maximum Gasteiger partial charge on any atom is 0.305 e. The first-order valence-electron chi connectivity index (χ1n) is 12.2. The molecule has 11 atom stereocenters. The monoisotopic (exact) mass is 422 g/mol. The largest absolute Gasteiger partial charge is 0.469 e. The van der Waals surface area contributed by atoms with Gasteiger partial charge in [0.15, 0.2) is 0 Å². The van der Waals surface area contributed by atoms with E-state index in [1.54, 1.807) is 0 Å². The number of carbonyl (C=O) groups excluding carboxylic acids is 1. The molecule has 0 heterocycles. The van der Waals surface area contributed by atoms with Gasteiger partial charge in [0.05, 0.1) is 25.4 Å². The first-order valence-corrected chi connectivity index (χ1v) is 12.2. The summed E-state index contributed by atoms with van der Waals surface area (Å²) in [7, 11) is 1.44. The van der Waals surface area contributed by atoms with Crippen LogP contribution in [-0.4, -0.2) is 46.7 Å². The van der Waals surface area contributed by atoms with Crippen molar-refractivity contribution in [2.24, 2.45) is 46.3 Å². The number of hydrogen-bond donors (Lipinski definition) is 3. The smallest absolute Gasteiger partial charge is 0.305 e. The number of ether oxygens (including phenoxy) is 1. The third-order valence-corrected chi connectivity index (χ3v) is 10.4. The zero-order valence-corrected chi connectivity index (χ0v) is 19.2. The first-order chi connectivity index (χ1) is 14.1. The SMILES string of the molecule is COC(=O)CC[C@@H](C)[C@H]1C[C@H](O)[C@H]2C3C(CC[C@]12C)C1(C)CC[C@@H](O)CC1C[C@H]3O.